The normalized spacial score (nSPS) is 34.3. The second-order valence-electron chi connectivity index (χ2n) is 13.5. The van der Waals surface area contributed by atoms with Gasteiger partial charge in [0.2, 0.25) is 17.5 Å². The largest absolute Gasteiger partial charge is 0.358 e. The van der Waals surface area contributed by atoms with E-state index in [1.165, 1.54) is 21.5 Å². The van der Waals surface area contributed by atoms with Gasteiger partial charge in [-0.2, -0.15) is 0 Å². The number of hydrogen-bond acceptors (Lipinski definition) is 6. The summed E-state index contributed by atoms with van der Waals surface area (Å²) in [7, 11) is 2.04. The first-order chi connectivity index (χ1) is 19.9. The quantitative estimate of drug-likeness (QED) is 0.515. The Hall–Kier alpha value is -3.21. The third kappa shape index (κ3) is 3.51. The summed E-state index contributed by atoms with van der Waals surface area (Å²) in [5, 5.41) is 16.3. The topological polar surface area (TPSA) is 118 Å². The smallest absolute Gasteiger partial charge is 0.281 e. The van der Waals surface area contributed by atoms with E-state index in [-0.39, 0.29) is 23.8 Å². The third-order valence-corrected chi connectivity index (χ3v) is 10.4. The fourth-order valence-corrected chi connectivity index (χ4v) is 8.24. The number of aliphatic hydroxyl groups is 1. The van der Waals surface area contributed by atoms with Gasteiger partial charge in [-0.05, 0) is 61.9 Å². The Kier molecular flexibility index (Phi) is 6.01. The molecule has 1 aliphatic carbocycles. The Bertz CT molecular complexity index is 1540. The van der Waals surface area contributed by atoms with Crippen LogP contribution in [-0.2, 0) is 25.5 Å². The average molecular weight is 576 g/mol. The van der Waals surface area contributed by atoms with Crippen LogP contribution < -0.4 is 5.32 Å². The van der Waals surface area contributed by atoms with Crippen LogP contribution in [0.4, 0.5) is 0 Å². The van der Waals surface area contributed by atoms with Gasteiger partial charge in [0.15, 0.2) is 0 Å². The Balaban J connectivity index is 1.26. The average Bonchev–Trinajstić information content (AvgIpc) is 3.61. The lowest BCUT2D eigenvalue weighted by molar-refractivity contribution is -0.323. The molecule has 224 valence electrons. The SMILES string of the molecule is Cc1[nH]c2cccc3c2c1C[C@@H]1C3=C[C@@H](C(=O)N[C@]2(C(C)C)O[C@@]3(O)[C@@H]4CCCN4C(=O)[C@H](C(C)C)N3C2=O)CN1C. The van der Waals surface area contributed by atoms with Gasteiger partial charge in [0.05, 0.1) is 5.92 Å². The van der Waals surface area contributed by atoms with Crippen LogP contribution in [0.15, 0.2) is 24.3 Å². The van der Waals surface area contributed by atoms with Crippen molar-refractivity contribution < 1.29 is 24.2 Å². The summed E-state index contributed by atoms with van der Waals surface area (Å²) in [6, 6.07) is 4.84. The summed E-state index contributed by atoms with van der Waals surface area (Å²) in [4.78, 5) is 50.7. The van der Waals surface area contributed by atoms with Crippen LogP contribution in [0.2, 0.25) is 0 Å². The number of nitrogens with one attached hydrogen (secondary N) is 2. The molecule has 0 saturated carbocycles. The van der Waals surface area contributed by atoms with Crippen LogP contribution in [0.25, 0.3) is 16.5 Å². The Morgan fingerprint density at radius 1 is 1.21 bits per heavy atom. The van der Waals surface area contributed by atoms with Gasteiger partial charge in [0.25, 0.3) is 11.8 Å². The highest BCUT2D eigenvalue weighted by molar-refractivity contribution is 6.01. The number of likely N-dealkylation sites (N-methyl/N-ethyl adjacent to an activating group) is 1. The summed E-state index contributed by atoms with van der Waals surface area (Å²) < 4.78 is 6.42. The minimum atomic E-state index is -2.01. The van der Waals surface area contributed by atoms with Gasteiger partial charge >= 0.3 is 0 Å². The molecule has 0 radical (unpaired) electrons. The third-order valence-electron chi connectivity index (χ3n) is 10.4. The van der Waals surface area contributed by atoms with E-state index in [0.29, 0.717) is 25.9 Å². The summed E-state index contributed by atoms with van der Waals surface area (Å²) in [5.41, 5.74) is 4.03. The van der Waals surface area contributed by atoms with Crippen molar-refractivity contribution in [3.8, 4) is 0 Å². The first kappa shape index (κ1) is 27.6. The number of piperazine rings is 1. The lowest BCUT2D eigenvalue weighted by Crippen LogP contribution is -2.72. The predicted octanol–water partition coefficient (Wildman–Crippen LogP) is 2.35. The van der Waals surface area contributed by atoms with Crippen molar-refractivity contribution in [1.29, 1.82) is 0 Å². The fraction of sp³-hybridized carbons (Fsp3) is 0.594. The molecule has 1 aromatic heterocycles. The number of ether oxygens (including phenoxy) is 1. The number of aromatic nitrogens is 1. The number of carbonyl (C=O) groups is 3. The Morgan fingerprint density at radius 2 is 1.98 bits per heavy atom. The molecule has 10 heteroatoms. The maximum absolute atomic E-state index is 14.4. The Labute approximate surface area is 246 Å². The molecule has 0 bridgehead atoms. The molecule has 3 amide bonds. The van der Waals surface area contributed by atoms with Crippen LogP contribution >= 0.6 is 0 Å². The molecule has 0 unspecified atom stereocenters. The van der Waals surface area contributed by atoms with Gasteiger partial charge in [0, 0.05) is 41.6 Å². The number of aryl methyl sites for hydroxylation is 1. The summed E-state index contributed by atoms with van der Waals surface area (Å²) >= 11 is 0. The van der Waals surface area contributed by atoms with Crippen LogP contribution in [0.5, 0.6) is 0 Å². The molecule has 42 heavy (non-hydrogen) atoms. The van der Waals surface area contributed by atoms with Gasteiger partial charge < -0.3 is 20.3 Å². The van der Waals surface area contributed by atoms with E-state index in [2.05, 4.69) is 40.3 Å². The fourth-order valence-electron chi connectivity index (χ4n) is 8.24. The van der Waals surface area contributed by atoms with Gasteiger partial charge in [-0.3, -0.25) is 28.9 Å². The monoisotopic (exact) mass is 575 g/mol. The van der Waals surface area contributed by atoms with E-state index in [1.807, 2.05) is 27.0 Å². The molecule has 1 aromatic carbocycles. The van der Waals surface area contributed by atoms with E-state index >= 15 is 0 Å². The molecule has 4 aliphatic heterocycles. The number of rotatable bonds is 4. The highest BCUT2D eigenvalue weighted by atomic mass is 16.7. The van der Waals surface area contributed by atoms with Gasteiger partial charge in [0.1, 0.15) is 12.1 Å². The summed E-state index contributed by atoms with van der Waals surface area (Å²) in [6.45, 7) is 10.4. The number of aromatic amines is 1. The molecular weight excluding hydrogens is 534 g/mol. The molecule has 3 N–H and O–H groups in total. The molecule has 2 aromatic rings. The molecule has 10 nitrogen and oxygen atoms in total. The van der Waals surface area contributed by atoms with Crippen LogP contribution in [-0.4, -0.2) is 92.4 Å². The zero-order chi connectivity index (χ0) is 29.9. The zero-order valence-corrected chi connectivity index (χ0v) is 25.2. The highest BCUT2D eigenvalue weighted by Crippen LogP contribution is 2.49. The second kappa shape index (κ2) is 9.14. The van der Waals surface area contributed by atoms with Crippen LogP contribution in [0.1, 0.15) is 57.4 Å². The van der Waals surface area contributed by atoms with Gasteiger partial charge in [-0.25, -0.2) is 0 Å². The zero-order valence-electron chi connectivity index (χ0n) is 25.2. The van der Waals surface area contributed by atoms with Crippen molar-refractivity contribution in [3.05, 3.63) is 41.1 Å². The molecule has 0 spiro atoms. The molecule has 3 fully saturated rings. The maximum atomic E-state index is 14.4. The molecule has 7 rings (SSSR count). The molecule has 5 heterocycles. The summed E-state index contributed by atoms with van der Waals surface area (Å²) in [5.74, 6) is -4.37. The first-order valence-corrected chi connectivity index (χ1v) is 15.3. The minimum Gasteiger partial charge on any atom is -0.358 e. The Morgan fingerprint density at radius 3 is 2.69 bits per heavy atom. The molecule has 5 aliphatic rings. The highest BCUT2D eigenvalue weighted by Gasteiger charge is 2.72. The van der Waals surface area contributed by atoms with E-state index < -0.39 is 41.5 Å². The number of amides is 3. The van der Waals surface area contributed by atoms with Crippen molar-refractivity contribution in [2.75, 3.05) is 20.1 Å². The summed E-state index contributed by atoms with van der Waals surface area (Å²) in [6.07, 6.45) is 4.15. The van der Waals surface area contributed by atoms with E-state index in [1.54, 1.807) is 18.7 Å². The lowest BCUT2D eigenvalue weighted by Gasteiger charge is -2.49. The predicted molar refractivity (Wildman–Crippen MR) is 157 cm³/mol. The minimum absolute atomic E-state index is 0.144. The first-order valence-electron chi connectivity index (χ1n) is 15.3. The van der Waals surface area contributed by atoms with Crippen molar-refractivity contribution in [2.24, 2.45) is 17.8 Å². The number of H-pyrrole nitrogens is 1. The van der Waals surface area contributed by atoms with E-state index in [0.717, 1.165) is 23.1 Å². The number of carbonyl (C=O) groups excluding carboxylic acids is 3. The van der Waals surface area contributed by atoms with Gasteiger partial charge in [-0.15, -0.1) is 0 Å². The van der Waals surface area contributed by atoms with Gasteiger partial charge in [-0.1, -0.05) is 45.9 Å². The van der Waals surface area contributed by atoms with Crippen LogP contribution in [0, 0.1) is 24.7 Å². The van der Waals surface area contributed by atoms with Crippen molar-refractivity contribution in [3.63, 3.8) is 0 Å². The van der Waals surface area contributed by atoms with E-state index in [4.69, 9.17) is 4.74 Å². The number of fused-ring (bicyclic) bond motifs is 5. The van der Waals surface area contributed by atoms with Crippen LogP contribution in [0.3, 0.4) is 0 Å². The van der Waals surface area contributed by atoms with Crippen molar-refractivity contribution in [1.82, 2.24) is 25.0 Å². The van der Waals surface area contributed by atoms with Crippen molar-refractivity contribution >= 4 is 34.2 Å². The standard InChI is InChI=1S/C32H41N5O5/c1-16(2)27-29(39)36-12-8-11-25(36)32(41)37(27)30(40)31(42-32,17(3)4)34-28(38)19-13-22-20-9-7-10-23-26(20)21(18(5)33-23)14-24(22)35(6)15-19/h7,9-10,13,16-17,19,24-25,27,33,41H,8,11-12,14-15H2,1-6H3,(H,34,38)/t19-,24-,25+,27+,31-,32+/m1/s1. The van der Waals surface area contributed by atoms with Crippen molar-refractivity contribution in [2.45, 2.75) is 83.6 Å². The van der Waals surface area contributed by atoms with E-state index in [9.17, 15) is 19.5 Å². The molecular formula is C32H41N5O5. The number of nitrogens with zero attached hydrogens (tertiary/aromatic N) is 3. The maximum Gasteiger partial charge on any atom is 0.281 e. The molecule has 6 atom stereocenters. The number of hydrogen-bond donors (Lipinski definition) is 3. The molecule has 3 saturated heterocycles. The number of benzene rings is 1. The second-order valence-corrected chi connectivity index (χ2v) is 13.5. The lowest BCUT2D eigenvalue weighted by atomic mass is 9.79.